The summed E-state index contributed by atoms with van der Waals surface area (Å²) in [6, 6.07) is 4.01. The van der Waals surface area contributed by atoms with Gasteiger partial charge in [-0.2, -0.15) is 0 Å². The first kappa shape index (κ1) is 14.8. The normalized spacial score (nSPS) is 14.7. The average molecular weight is 272 g/mol. The minimum atomic E-state index is -1.30. The molecule has 1 atom stereocenters. The van der Waals surface area contributed by atoms with Gasteiger partial charge in [0.25, 0.3) is 0 Å². The van der Waals surface area contributed by atoms with E-state index in [1.54, 1.807) is 6.20 Å². The van der Waals surface area contributed by atoms with Gasteiger partial charge >= 0.3 is 0 Å². The minimum absolute atomic E-state index is 0.0299. The van der Waals surface area contributed by atoms with Crippen LogP contribution in [-0.4, -0.2) is 15.1 Å². The lowest BCUT2D eigenvalue weighted by molar-refractivity contribution is 0.326. The third-order valence-corrected chi connectivity index (χ3v) is 3.69. The van der Waals surface area contributed by atoms with Crippen LogP contribution in [0, 0.1) is 0 Å². The standard InChI is InChI=1S/C12H20N2OS2/c1-11(2,10-6-5-7-13-8-10)9-12(3,4)14-17(15)16/h5-8,14H,9H2,1-4H3,(H,15,16). The van der Waals surface area contributed by atoms with Gasteiger partial charge in [-0.15, -0.1) is 4.72 Å². The Morgan fingerprint density at radius 1 is 1.41 bits per heavy atom. The molecule has 0 aliphatic heterocycles. The molecule has 1 aromatic rings. The predicted molar refractivity (Wildman–Crippen MR) is 76.2 cm³/mol. The van der Waals surface area contributed by atoms with Gasteiger partial charge in [0.2, 0.25) is 0 Å². The molecule has 0 radical (unpaired) electrons. The molecule has 17 heavy (non-hydrogen) atoms. The molecule has 1 unspecified atom stereocenters. The lowest BCUT2D eigenvalue weighted by atomic mass is 9.76. The first-order valence-electron chi connectivity index (χ1n) is 5.52. The van der Waals surface area contributed by atoms with E-state index in [1.165, 1.54) is 5.56 Å². The van der Waals surface area contributed by atoms with Crippen molar-refractivity contribution < 1.29 is 4.55 Å². The Morgan fingerprint density at radius 2 is 2.06 bits per heavy atom. The van der Waals surface area contributed by atoms with Gasteiger partial charge in [-0.05, 0) is 37.3 Å². The second-order valence-corrected chi connectivity index (χ2v) is 7.23. The lowest BCUT2D eigenvalue weighted by Gasteiger charge is -2.34. The number of pyridine rings is 1. The summed E-state index contributed by atoms with van der Waals surface area (Å²) < 4.78 is 14.1. The molecule has 1 heterocycles. The van der Waals surface area contributed by atoms with Gasteiger partial charge in [-0.25, -0.2) is 0 Å². The zero-order chi connectivity index (χ0) is 13.1. The fourth-order valence-corrected chi connectivity index (χ4v) is 3.53. The number of nitrogens with one attached hydrogen (secondary N) is 1. The highest BCUT2D eigenvalue weighted by atomic mass is 33.1. The Labute approximate surface area is 112 Å². The van der Waals surface area contributed by atoms with Crippen LogP contribution in [0.4, 0.5) is 0 Å². The summed E-state index contributed by atoms with van der Waals surface area (Å²) in [5.74, 6) is 0. The number of aromatic nitrogens is 1. The van der Waals surface area contributed by atoms with Crippen LogP contribution in [0.2, 0.25) is 0 Å². The highest BCUT2D eigenvalue weighted by molar-refractivity contribution is 8.62. The molecule has 1 aromatic heterocycles. The number of nitrogens with zero attached hydrogens (tertiary/aromatic N) is 1. The topological polar surface area (TPSA) is 48.0 Å². The van der Waals surface area contributed by atoms with Gasteiger partial charge in [0, 0.05) is 12.4 Å². The fraction of sp³-hybridized carbons (Fsp3) is 0.583. The quantitative estimate of drug-likeness (QED) is 0.492. The number of hydrogen-bond acceptors (Lipinski definition) is 4. The van der Waals surface area contributed by atoms with Crippen LogP contribution in [-0.2, 0) is 15.8 Å². The smallest absolute Gasteiger partial charge is 0.110 e. The Bertz CT molecular complexity index is 353. The monoisotopic (exact) mass is 272 g/mol. The Hall–Kier alpha value is -0.230. The van der Waals surface area contributed by atoms with E-state index in [9.17, 15) is 4.55 Å². The first-order valence-corrected chi connectivity index (χ1v) is 7.72. The summed E-state index contributed by atoms with van der Waals surface area (Å²) in [6.45, 7) is 8.38. The average Bonchev–Trinajstić information content (AvgIpc) is 2.15. The van der Waals surface area contributed by atoms with Crippen molar-refractivity contribution >= 4 is 22.1 Å². The molecule has 0 aliphatic rings. The molecule has 3 nitrogen and oxygen atoms in total. The minimum Gasteiger partial charge on any atom is -0.587 e. The molecule has 0 aliphatic carbocycles. The van der Waals surface area contributed by atoms with Gasteiger partial charge in [-0.1, -0.05) is 19.9 Å². The summed E-state index contributed by atoms with van der Waals surface area (Å²) in [6.07, 6.45) is 4.50. The van der Waals surface area contributed by atoms with Crippen LogP contribution in [0.1, 0.15) is 39.7 Å². The molecular weight excluding hydrogens is 252 g/mol. The molecule has 0 aromatic carbocycles. The fourth-order valence-electron chi connectivity index (χ4n) is 2.24. The lowest BCUT2D eigenvalue weighted by Crippen LogP contribution is -2.45. The van der Waals surface area contributed by atoms with Crippen molar-refractivity contribution in [3.05, 3.63) is 30.1 Å². The predicted octanol–water partition coefficient (Wildman–Crippen LogP) is 2.63. The van der Waals surface area contributed by atoms with E-state index in [2.05, 4.69) is 41.3 Å². The van der Waals surface area contributed by atoms with E-state index >= 15 is 0 Å². The molecule has 0 fully saturated rings. The Morgan fingerprint density at radius 3 is 2.53 bits per heavy atom. The highest BCUT2D eigenvalue weighted by Crippen LogP contribution is 2.32. The van der Waals surface area contributed by atoms with E-state index in [0.29, 0.717) is 0 Å². The molecule has 0 saturated heterocycles. The van der Waals surface area contributed by atoms with E-state index in [4.69, 9.17) is 0 Å². The van der Waals surface area contributed by atoms with Gasteiger partial charge in [-0.3, -0.25) is 4.98 Å². The zero-order valence-corrected chi connectivity index (χ0v) is 12.4. The summed E-state index contributed by atoms with van der Waals surface area (Å²) >= 11 is 3.88. The van der Waals surface area contributed by atoms with Crippen LogP contribution in [0.5, 0.6) is 0 Å². The van der Waals surface area contributed by atoms with Crippen LogP contribution < -0.4 is 4.72 Å². The maximum absolute atomic E-state index is 11.1. The van der Waals surface area contributed by atoms with E-state index in [0.717, 1.165) is 6.42 Å². The van der Waals surface area contributed by atoms with Gasteiger partial charge in [0.1, 0.15) is 10.4 Å². The molecule has 0 spiro atoms. The van der Waals surface area contributed by atoms with Gasteiger partial charge in [0.15, 0.2) is 0 Å². The SMILES string of the molecule is CC(C)(CC(C)(C)c1cccnc1)N[S+]([O-])S. The van der Waals surface area contributed by atoms with Crippen molar-refractivity contribution in [1.29, 1.82) is 0 Å². The van der Waals surface area contributed by atoms with Crippen molar-refractivity contribution in [2.24, 2.45) is 0 Å². The largest absolute Gasteiger partial charge is 0.587 e. The number of rotatable bonds is 5. The van der Waals surface area contributed by atoms with Crippen LogP contribution >= 0.6 is 11.7 Å². The molecule has 1 rings (SSSR count). The summed E-state index contributed by atoms with van der Waals surface area (Å²) in [7, 11) is -1.30. The summed E-state index contributed by atoms with van der Waals surface area (Å²) in [4.78, 5) is 4.15. The van der Waals surface area contributed by atoms with E-state index in [-0.39, 0.29) is 11.0 Å². The second-order valence-electron chi connectivity index (χ2n) is 5.54. The molecular formula is C12H20N2OS2. The first-order chi connectivity index (χ1) is 7.73. The maximum Gasteiger partial charge on any atom is 0.110 e. The molecule has 0 bridgehead atoms. The van der Waals surface area contributed by atoms with Crippen LogP contribution in [0.25, 0.3) is 0 Å². The second kappa shape index (κ2) is 5.61. The Balaban J connectivity index is 2.79. The van der Waals surface area contributed by atoms with Crippen LogP contribution in [0.15, 0.2) is 24.5 Å². The van der Waals surface area contributed by atoms with Gasteiger partial charge in [0.05, 0.1) is 17.2 Å². The Kier molecular flexibility index (Phi) is 4.89. The maximum atomic E-state index is 11.1. The van der Waals surface area contributed by atoms with Crippen molar-refractivity contribution in [3.63, 3.8) is 0 Å². The molecule has 5 heteroatoms. The molecule has 0 saturated carbocycles. The molecule has 96 valence electrons. The van der Waals surface area contributed by atoms with Crippen molar-refractivity contribution in [1.82, 2.24) is 9.71 Å². The summed E-state index contributed by atoms with van der Waals surface area (Å²) in [5.41, 5.74) is 0.906. The van der Waals surface area contributed by atoms with Crippen molar-refractivity contribution in [2.45, 2.75) is 45.1 Å². The highest BCUT2D eigenvalue weighted by Gasteiger charge is 2.33. The molecule has 0 amide bonds. The van der Waals surface area contributed by atoms with Crippen molar-refractivity contribution in [3.8, 4) is 0 Å². The zero-order valence-electron chi connectivity index (χ0n) is 10.7. The van der Waals surface area contributed by atoms with Gasteiger partial charge < -0.3 is 4.55 Å². The third-order valence-electron chi connectivity index (χ3n) is 2.69. The molecule has 1 N–H and O–H groups in total. The van der Waals surface area contributed by atoms with E-state index < -0.39 is 10.4 Å². The van der Waals surface area contributed by atoms with E-state index in [1.807, 2.05) is 26.1 Å². The summed E-state index contributed by atoms with van der Waals surface area (Å²) in [5, 5.41) is 0. The van der Waals surface area contributed by atoms with Crippen LogP contribution in [0.3, 0.4) is 0 Å². The third kappa shape index (κ3) is 4.87. The number of hydrogen-bond donors (Lipinski definition) is 2. The number of thiol groups is 1. The van der Waals surface area contributed by atoms with Crippen molar-refractivity contribution in [2.75, 3.05) is 0 Å².